The number of rotatable bonds is 7. The van der Waals surface area contributed by atoms with Gasteiger partial charge in [-0.1, -0.05) is 12.1 Å². The monoisotopic (exact) mass is 393 g/mol. The minimum Gasteiger partial charge on any atom is -0.495 e. The van der Waals surface area contributed by atoms with Crippen molar-refractivity contribution in [2.45, 2.75) is 0 Å². The quantitative estimate of drug-likeness (QED) is 0.483. The van der Waals surface area contributed by atoms with E-state index in [9.17, 15) is 9.59 Å². The van der Waals surface area contributed by atoms with Gasteiger partial charge in [0.2, 0.25) is 0 Å². The number of carboxylic acids is 1. The van der Waals surface area contributed by atoms with Crippen molar-refractivity contribution < 1.29 is 19.4 Å². The van der Waals surface area contributed by atoms with Gasteiger partial charge in [0.15, 0.2) is 0 Å². The van der Waals surface area contributed by atoms with E-state index in [1.807, 2.05) is 18.2 Å². The number of benzene rings is 1. The molecule has 4 N–H and O–H groups in total. The third kappa shape index (κ3) is 4.59. The van der Waals surface area contributed by atoms with E-state index in [1.54, 1.807) is 19.2 Å². The lowest BCUT2D eigenvalue weighted by atomic mass is 10.2. The Kier molecular flexibility index (Phi) is 5.88. The molecule has 0 spiro atoms. The summed E-state index contributed by atoms with van der Waals surface area (Å²) in [5.41, 5.74) is 1.62. The highest BCUT2D eigenvalue weighted by Crippen LogP contribution is 2.30. The fourth-order valence-electron chi connectivity index (χ4n) is 2.56. The molecule has 1 aromatic carbocycles. The van der Waals surface area contributed by atoms with Crippen molar-refractivity contribution in [3.05, 3.63) is 66.0 Å². The zero-order chi connectivity index (χ0) is 20.8. The standard InChI is InChI=1S/C20H19N5O4/c1-21-19(26)13-11-23-18(25-17-8-7-12(10-22-17)20(27)28)9-15(13)24-14-5-3-4-6-16(14)29-2/h3-11H,1-2H3,(H,21,26)(H,27,28)(H2,22,23,24,25). The molecule has 2 heterocycles. The van der Waals surface area contributed by atoms with Crippen LogP contribution in [0.15, 0.2) is 54.9 Å². The largest absolute Gasteiger partial charge is 0.495 e. The van der Waals surface area contributed by atoms with Crippen LogP contribution >= 0.6 is 0 Å². The van der Waals surface area contributed by atoms with Crippen LogP contribution in [0.4, 0.5) is 23.0 Å². The number of para-hydroxylation sites is 2. The number of aromatic nitrogens is 2. The maximum absolute atomic E-state index is 12.2. The number of nitrogens with one attached hydrogen (secondary N) is 3. The number of amides is 1. The number of carbonyl (C=O) groups excluding carboxylic acids is 1. The molecule has 0 saturated carbocycles. The van der Waals surface area contributed by atoms with Gasteiger partial charge in [-0.15, -0.1) is 0 Å². The predicted molar refractivity (Wildman–Crippen MR) is 108 cm³/mol. The van der Waals surface area contributed by atoms with Crippen LogP contribution < -0.4 is 20.7 Å². The Morgan fingerprint density at radius 1 is 0.966 bits per heavy atom. The molecule has 9 nitrogen and oxygen atoms in total. The highest BCUT2D eigenvalue weighted by molar-refractivity contribution is 6.00. The van der Waals surface area contributed by atoms with E-state index in [4.69, 9.17) is 9.84 Å². The van der Waals surface area contributed by atoms with Gasteiger partial charge in [0.05, 0.1) is 29.6 Å². The van der Waals surface area contributed by atoms with Crippen LogP contribution in [0.2, 0.25) is 0 Å². The van der Waals surface area contributed by atoms with Crippen molar-refractivity contribution in [1.82, 2.24) is 15.3 Å². The molecule has 3 rings (SSSR count). The number of pyridine rings is 2. The van der Waals surface area contributed by atoms with E-state index in [0.29, 0.717) is 34.3 Å². The summed E-state index contributed by atoms with van der Waals surface area (Å²) in [7, 11) is 3.10. The zero-order valence-electron chi connectivity index (χ0n) is 15.8. The van der Waals surface area contributed by atoms with Gasteiger partial charge in [-0.05, 0) is 24.3 Å². The summed E-state index contributed by atoms with van der Waals surface area (Å²) >= 11 is 0. The van der Waals surface area contributed by atoms with E-state index in [1.165, 1.54) is 31.6 Å². The molecule has 0 fully saturated rings. The van der Waals surface area contributed by atoms with Crippen molar-refractivity contribution in [1.29, 1.82) is 0 Å². The molecule has 0 unspecified atom stereocenters. The topological polar surface area (TPSA) is 125 Å². The Bertz CT molecular complexity index is 1040. The molecule has 0 aliphatic heterocycles. The summed E-state index contributed by atoms with van der Waals surface area (Å²) in [4.78, 5) is 31.5. The first-order valence-corrected chi connectivity index (χ1v) is 8.60. The van der Waals surface area contributed by atoms with Crippen molar-refractivity contribution in [2.24, 2.45) is 0 Å². The molecule has 1 amide bonds. The molecule has 0 aliphatic rings. The van der Waals surface area contributed by atoms with E-state index >= 15 is 0 Å². The lowest BCUT2D eigenvalue weighted by Gasteiger charge is -2.15. The first-order valence-electron chi connectivity index (χ1n) is 8.60. The Labute approximate surface area is 166 Å². The molecular formula is C20H19N5O4. The molecule has 148 valence electrons. The highest BCUT2D eigenvalue weighted by Gasteiger charge is 2.14. The van der Waals surface area contributed by atoms with Crippen molar-refractivity contribution in [3.8, 4) is 5.75 Å². The fourth-order valence-corrected chi connectivity index (χ4v) is 2.56. The van der Waals surface area contributed by atoms with E-state index in [-0.39, 0.29) is 11.5 Å². The number of hydrogen-bond donors (Lipinski definition) is 4. The van der Waals surface area contributed by atoms with E-state index < -0.39 is 5.97 Å². The number of carbonyl (C=O) groups is 2. The van der Waals surface area contributed by atoms with Crippen LogP contribution in [-0.4, -0.2) is 41.1 Å². The average molecular weight is 393 g/mol. The van der Waals surface area contributed by atoms with Gasteiger partial charge in [-0.3, -0.25) is 4.79 Å². The first-order chi connectivity index (χ1) is 14.0. The number of anilines is 4. The van der Waals surface area contributed by atoms with Crippen molar-refractivity contribution in [3.63, 3.8) is 0 Å². The highest BCUT2D eigenvalue weighted by atomic mass is 16.5. The molecule has 0 radical (unpaired) electrons. The molecular weight excluding hydrogens is 374 g/mol. The van der Waals surface area contributed by atoms with Gasteiger partial charge >= 0.3 is 5.97 Å². The molecule has 0 aliphatic carbocycles. The Morgan fingerprint density at radius 3 is 2.38 bits per heavy atom. The van der Waals surface area contributed by atoms with Gasteiger partial charge in [-0.2, -0.15) is 0 Å². The summed E-state index contributed by atoms with van der Waals surface area (Å²) in [5.74, 6) is 0.0995. The number of carboxylic acid groups (broad SMARTS) is 1. The number of ether oxygens (including phenoxy) is 1. The van der Waals surface area contributed by atoms with Crippen LogP contribution in [-0.2, 0) is 0 Å². The molecule has 29 heavy (non-hydrogen) atoms. The summed E-state index contributed by atoms with van der Waals surface area (Å²) in [6, 6.07) is 11.9. The van der Waals surface area contributed by atoms with Crippen molar-refractivity contribution in [2.75, 3.05) is 24.8 Å². The third-order valence-electron chi connectivity index (χ3n) is 4.02. The molecule has 0 bridgehead atoms. The first kappa shape index (κ1) is 19.6. The molecule has 2 aromatic heterocycles. The molecule has 9 heteroatoms. The smallest absolute Gasteiger partial charge is 0.337 e. The van der Waals surface area contributed by atoms with Gasteiger partial charge in [0, 0.05) is 25.5 Å². The average Bonchev–Trinajstić information content (AvgIpc) is 2.74. The number of aromatic carboxylic acids is 1. The second-order valence-corrected chi connectivity index (χ2v) is 5.88. The predicted octanol–water partition coefficient (Wildman–Crippen LogP) is 3.03. The van der Waals surface area contributed by atoms with Gasteiger partial charge in [0.1, 0.15) is 17.4 Å². The van der Waals surface area contributed by atoms with Crippen LogP contribution in [0.5, 0.6) is 5.75 Å². The second kappa shape index (κ2) is 8.70. The summed E-state index contributed by atoms with van der Waals surface area (Å²) in [6.45, 7) is 0. The molecule has 3 aromatic rings. The van der Waals surface area contributed by atoms with Crippen LogP contribution in [0.1, 0.15) is 20.7 Å². The molecule has 0 atom stereocenters. The Morgan fingerprint density at radius 2 is 1.72 bits per heavy atom. The van der Waals surface area contributed by atoms with E-state index in [2.05, 4.69) is 25.9 Å². The maximum Gasteiger partial charge on any atom is 0.337 e. The van der Waals surface area contributed by atoms with Gasteiger partial charge in [0.25, 0.3) is 5.91 Å². The summed E-state index contributed by atoms with van der Waals surface area (Å²) in [5, 5.41) is 17.7. The molecule has 0 saturated heterocycles. The number of nitrogens with zero attached hydrogens (tertiary/aromatic N) is 2. The van der Waals surface area contributed by atoms with Gasteiger partial charge < -0.3 is 25.8 Å². The summed E-state index contributed by atoms with van der Waals surface area (Å²) in [6.07, 6.45) is 2.68. The van der Waals surface area contributed by atoms with E-state index in [0.717, 1.165) is 0 Å². The normalized spacial score (nSPS) is 10.1. The van der Waals surface area contributed by atoms with Crippen molar-refractivity contribution >= 4 is 34.9 Å². The fraction of sp³-hybridized carbons (Fsp3) is 0.100. The lowest BCUT2D eigenvalue weighted by molar-refractivity contribution is 0.0696. The SMILES string of the molecule is CNC(=O)c1cnc(Nc2ccc(C(=O)O)cn2)cc1Nc1ccccc1OC. The minimum atomic E-state index is -1.06. The Hall–Kier alpha value is -4.14. The second-order valence-electron chi connectivity index (χ2n) is 5.88. The maximum atomic E-state index is 12.2. The number of methoxy groups -OCH3 is 1. The van der Waals surface area contributed by atoms with Crippen LogP contribution in [0.3, 0.4) is 0 Å². The lowest BCUT2D eigenvalue weighted by Crippen LogP contribution is -2.19. The van der Waals surface area contributed by atoms with Crippen LogP contribution in [0.25, 0.3) is 0 Å². The number of hydrogen-bond acceptors (Lipinski definition) is 7. The van der Waals surface area contributed by atoms with Gasteiger partial charge in [-0.25, -0.2) is 14.8 Å². The Balaban J connectivity index is 1.93. The van der Waals surface area contributed by atoms with Crippen LogP contribution in [0, 0.1) is 0 Å². The minimum absolute atomic E-state index is 0.0806. The zero-order valence-corrected chi connectivity index (χ0v) is 15.8. The third-order valence-corrected chi connectivity index (χ3v) is 4.02. The summed E-state index contributed by atoms with van der Waals surface area (Å²) < 4.78 is 5.35.